The van der Waals surface area contributed by atoms with Gasteiger partial charge in [0.1, 0.15) is 0 Å². The van der Waals surface area contributed by atoms with E-state index >= 15 is 0 Å². The summed E-state index contributed by atoms with van der Waals surface area (Å²) < 4.78 is 1.44. The van der Waals surface area contributed by atoms with Crippen molar-refractivity contribution in [2.75, 3.05) is 4.43 Å². The summed E-state index contributed by atoms with van der Waals surface area (Å²) in [6, 6.07) is 0. The van der Waals surface area contributed by atoms with E-state index < -0.39 is 0 Å². The van der Waals surface area contributed by atoms with Crippen LogP contribution in [0.15, 0.2) is 12.7 Å². The lowest BCUT2D eigenvalue weighted by Gasteiger charge is -2.11. The number of hydrogen-bond acceptors (Lipinski definition) is 0. The number of halogens is 2. The Morgan fingerprint density at radius 3 is 2.29 bits per heavy atom. The van der Waals surface area contributed by atoms with Gasteiger partial charge in [0.2, 0.25) is 0 Å². The molecule has 0 radical (unpaired) electrons. The lowest BCUT2D eigenvalue weighted by atomic mass is 10.2. The van der Waals surface area contributed by atoms with Gasteiger partial charge in [-0.1, -0.05) is 51.3 Å². The van der Waals surface area contributed by atoms with Crippen molar-refractivity contribution >= 4 is 45.2 Å². The van der Waals surface area contributed by atoms with E-state index in [9.17, 15) is 0 Å². The Hall–Kier alpha value is 1.20. The Balaban J connectivity index is 3.58. The van der Waals surface area contributed by atoms with Gasteiger partial charge in [0.05, 0.1) is 0 Å². The van der Waals surface area contributed by atoms with Gasteiger partial charge in [-0.15, -0.1) is 6.58 Å². The van der Waals surface area contributed by atoms with Crippen LogP contribution in [0.4, 0.5) is 0 Å². The molecule has 0 aromatic rings. The molecular formula is C5H8I2. The van der Waals surface area contributed by atoms with Gasteiger partial charge < -0.3 is 0 Å². The number of rotatable bonds is 2. The molecule has 0 aromatic carbocycles. The van der Waals surface area contributed by atoms with Crippen LogP contribution in [0, 0.1) is 0 Å². The first-order valence-electron chi connectivity index (χ1n) is 2.01. The maximum atomic E-state index is 3.69. The Labute approximate surface area is 72.0 Å². The van der Waals surface area contributed by atoms with E-state index in [0.717, 1.165) is 4.43 Å². The fourth-order valence-corrected chi connectivity index (χ4v) is 0.366. The highest BCUT2D eigenvalue weighted by atomic mass is 127. The van der Waals surface area contributed by atoms with E-state index in [1.165, 1.54) is 0 Å². The maximum Gasteiger partial charge on any atom is 0.0459 e. The molecule has 0 rings (SSSR count). The van der Waals surface area contributed by atoms with Gasteiger partial charge in [-0.05, 0) is 6.92 Å². The molecule has 42 valence electrons. The molecule has 7 heavy (non-hydrogen) atoms. The van der Waals surface area contributed by atoms with Crippen molar-refractivity contribution in [1.29, 1.82) is 0 Å². The summed E-state index contributed by atoms with van der Waals surface area (Å²) in [6.07, 6.45) is 1.97. The van der Waals surface area contributed by atoms with Gasteiger partial charge in [0.25, 0.3) is 0 Å². The number of allylic oxidation sites excluding steroid dienone is 1. The second kappa shape index (κ2) is 3.27. The topological polar surface area (TPSA) is 0 Å². The molecule has 0 unspecified atom stereocenters. The quantitative estimate of drug-likeness (QED) is 0.417. The summed E-state index contributed by atoms with van der Waals surface area (Å²) in [7, 11) is 0. The summed E-state index contributed by atoms with van der Waals surface area (Å²) in [5, 5.41) is 0. The second-order valence-electron chi connectivity index (χ2n) is 1.62. The molecule has 0 amide bonds. The van der Waals surface area contributed by atoms with Crippen molar-refractivity contribution < 1.29 is 0 Å². The van der Waals surface area contributed by atoms with Crippen LogP contribution in [0.25, 0.3) is 0 Å². The minimum absolute atomic E-state index is 0.304. The molecule has 0 aliphatic rings. The third-order valence-electron chi connectivity index (χ3n) is 0.687. The molecule has 0 saturated heterocycles. The first-order chi connectivity index (χ1) is 3.12. The SMILES string of the molecule is C=C[C@@](C)(I)CI. The highest BCUT2D eigenvalue weighted by Crippen LogP contribution is 2.21. The summed E-state index contributed by atoms with van der Waals surface area (Å²) in [4.78, 5) is 0. The molecule has 0 aromatic heterocycles. The molecule has 0 spiro atoms. The third kappa shape index (κ3) is 3.76. The lowest BCUT2D eigenvalue weighted by Crippen LogP contribution is -2.11. The zero-order valence-corrected chi connectivity index (χ0v) is 8.56. The molecule has 0 aliphatic carbocycles. The van der Waals surface area contributed by atoms with Gasteiger partial charge >= 0.3 is 0 Å². The van der Waals surface area contributed by atoms with Crippen LogP contribution < -0.4 is 0 Å². The van der Waals surface area contributed by atoms with Crippen LogP contribution in [-0.4, -0.2) is 7.85 Å². The zero-order valence-electron chi connectivity index (χ0n) is 4.25. The van der Waals surface area contributed by atoms with Crippen LogP contribution in [0.3, 0.4) is 0 Å². The lowest BCUT2D eigenvalue weighted by molar-refractivity contribution is 0.981. The van der Waals surface area contributed by atoms with Crippen LogP contribution >= 0.6 is 45.2 Å². The Kier molecular flexibility index (Phi) is 3.83. The average molecular weight is 322 g/mol. The van der Waals surface area contributed by atoms with Gasteiger partial charge in [0, 0.05) is 7.85 Å². The van der Waals surface area contributed by atoms with Crippen molar-refractivity contribution in [3.8, 4) is 0 Å². The average Bonchev–Trinajstić information content (AvgIpc) is 1.68. The molecule has 1 atom stereocenters. The van der Waals surface area contributed by atoms with Crippen molar-refractivity contribution in [3.05, 3.63) is 12.7 Å². The van der Waals surface area contributed by atoms with Crippen LogP contribution in [-0.2, 0) is 0 Å². The molecular weight excluding hydrogens is 314 g/mol. The van der Waals surface area contributed by atoms with Crippen molar-refractivity contribution in [2.45, 2.75) is 10.3 Å². The number of alkyl halides is 2. The van der Waals surface area contributed by atoms with Crippen molar-refractivity contribution in [2.24, 2.45) is 0 Å². The van der Waals surface area contributed by atoms with Crippen LogP contribution in [0.2, 0.25) is 0 Å². The largest absolute Gasteiger partial charge is 0.102 e. The fourth-order valence-electron chi connectivity index (χ4n) is 0.0546. The summed E-state index contributed by atoms with van der Waals surface area (Å²) in [5.74, 6) is 0. The predicted molar refractivity (Wildman–Crippen MR) is 51.5 cm³/mol. The molecule has 0 bridgehead atoms. The molecule has 0 saturated carbocycles. The minimum Gasteiger partial charge on any atom is -0.102 e. The zero-order chi connectivity index (χ0) is 5.91. The van der Waals surface area contributed by atoms with Crippen LogP contribution in [0.1, 0.15) is 6.92 Å². The number of hydrogen-bond donors (Lipinski definition) is 0. The van der Waals surface area contributed by atoms with Crippen molar-refractivity contribution in [3.63, 3.8) is 0 Å². The third-order valence-corrected chi connectivity index (χ3v) is 4.55. The fraction of sp³-hybridized carbons (Fsp3) is 0.600. The van der Waals surface area contributed by atoms with E-state index in [0.29, 0.717) is 3.42 Å². The normalized spacial score (nSPS) is 18.1. The summed E-state index contributed by atoms with van der Waals surface area (Å²) in [5.41, 5.74) is 0. The van der Waals surface area contributed by atoms with E-state index in [1.807, 2.05) is 6.08 Å². The predicted octanol–water partition coefficient (Wildman–Crippen LogP) is 2.80. The smallest absolute Gasteiger partial charge is 0.0459 e. The molecule has 0 heterocycles. The Morgan fingerprint density at radius 2 is 2.29 bits per heavy atom. The van der Waals surface area contributed by atoms with Crippen LogP contribution in [0.5, 0.6) is 0 Å². The van der Waals surface area contributed by atoms with E-state index in [2.05, 4.69) is 58.7 Å². The van der Waals surface area contributed by atoms with Gasteiger partial charge in [-0.2, -0.15) is 0 Å². The highest BCUT2D eigenvalue weighted by molar-refractivity contribution is 14.1. The van der Waals surface area contributed by atoms with Crippen molar-refractivity contribution in [1.82, 2.24) is 0 Å². The summed E-state index contributed by atoms with van der Waals surface area (Å²) >= 11 is 4.73. The van der Waals surface area contributed by atoms with Gasteiger partial charge in [0.15, 0.2) is 0 Å². The Morgan fingerprint density at radius 1 is 1.86 bits per heavy atom. The van der Waals surface area contributed by atoms with E-state index in [-0.39, 0.29) is 0 Å². The highest BCUT2D eigenvalue weighted by Gasteiger charge is 2.10. The molecule has 0 nitrogen and oxygen atoms in total. The van der Waals surface area contributed by atoms with E-state index in [4.69, 9.17) is 0 Å². The van der Waals surface area contributed by atoms with E-state index in [1.54, 1.807) is 0 Å². The molecule has 0 N–H and O–H groups in total. The Bertz CT molecular complexity index is 66.5. The second-order valence-corrected chi connectivity index (χ2v) is 4.84. The monoisotopic (exact) mass is 322 g/mol. The standard InChI is InChI=1S/C5H8I2/c1-3-5(2,7)4-6/h3H,1,4H2,2H3/t5-/m1/s1. The first kappa shape index (κ1) is 8.20. The minimum atomic E-state index is 0.304. The maximum absolute atomic E-state index is 3.69. The first-order valence-corrected chi connectivity index (χ1v) is 4.61. The van der Waals surface area contributed by atoms with Gasteiger partial charge in [-0.25, -0.2) is 0 Å². The molecule has 2 heteroatoms. The summed E-state index contributed by atoms with van der Waals surface area (Å²) in [6.45, 7) is 5.85. The molecule has 0 fully saturated rings. The van der Waals surface area contributed by atoms with Gasteiger partial charge in [-0.3, -0.25) is 0 Å². The molecule has 0 aliphatic heterocycles.